The van der Waals surface area contributed by atoms with Gasteiger partial charge in [0.15, 0.2) is 0 Å². The van der Waals surface area contributed by atoms with E-state index in [9.17, 15) is 10.1 Å². The molecular weight excluding hydrogens is 238 g/mol. The fraction of sp³-hybridized carbons (Fsp3) is 0.500. The van der Waals surface area contributed by atoms with Crippen LogP contribution < -0.4 is 4.74 Å². The first kappa shape index (κ1) is 12.8. The number of nitro groups is 1. The molecule has 0 aliphatic carbocycles. The van der Waals surface area contributed by atoms with Crippen molar-refractivity contribution in [2.75, 3.05) is 26.4 Å². The van der Waals surface area contributed by atoms with Gasteiger partial charge in [0.05, 0.1) is 24.2 Å². The van der Waals surface area contributed by atoms with Crippen molar-refractivity contribution < 1.29 is 19.1 Å². The zero-order chi connectivity index (χ0) is 12.8. The van der Waals surface area contributed by atoms with Crippen LogP contribution in [0.2, 0.25) is 0 Å². The zero-order valence-corrected chi connectivity index (χ0v) is 9.91. The second-order valence-corrected chi connectivity index (χ2v) is 3.96. The number of benzene rings is 1. The van der Waals surface area contributed by atoms with Gasteiger partial charge in [-0.3, -0.25) is 10.1 Å². The van der Waals surface area contributed by atoms with Crippen LogP contribution in [0.5, 0.6) is 5.75 Å². The predicted octanol–water partition coefficient (Wildman–Crippen LogP) is 1.78. The van der Waals surface area contributed by atoms with Gasteiger partial charge < -0.3 is 14.2 Å². The van der Waals surface area contributed by atoms with Gasteiger partial charge in [0.2, 0.25) is 0 Å². The molecule has 1 atom stereocenters. The van der Waals surface area contributed by atoms with E-state index < -0.39 is 4.92 Å². The standard InChI is InChI=1S/C12H15NO5/c14-13(15)10-1-3-11(4-2-10)17-7-8-18-12-5-6-16-9-12/h1-4,12H,5-9H2. The highest BCUT2D eigenvalue weighted by Gasteiger charge is 2.15. The fourth-order valence-electron chi connectivity index (χ4n) is 1.68. The molecule has 1 aliphatic rings. The lowest BCUT2D eigenvalue weighted by Gasteiger charge is -2.10. The third kappa shape index (κ3) is 3.68. The molecule has 1 aromatic rings. The Bertz CT molecular complexity index is 386. The Morgan fingerprint density at radius 2 is 2.11 bits per heavy atom. The second kappa shape index (κ2) is 6.32. The summed E-state index contributed by atoms with van der Waals surface area (Å²) >= 11 is 0. The van der Waals surface area contributed by atoms with E-state index in [2.05, 4.69) is 0 Å². The van der Waals surface area contributed by atoms with Crippen molar-refractivity contribution in [3.8, 4) is 5.75 Å². The lowest BCUT2D eigenvalue weighted by molar-refractivity contribution is -0.384. The van der Waals surface area contributed by atoms with Crippen LogP contribution in [0, 0.1) is 10.1 Å². The molecule has 2 rings (SSSR count). The molecule has 0 N–H and O–H groups in total. The monoisotopic (exact) mass is 253 g/mol. The van der Waals surface area contributed by atoms with E-state index >= 15 is 0 Å². The van der Waals surface area contributed by atoms with E-state index in [4.69, 9.17) is 14.2 Å². The molecule has 98 valence electrons. The van der Waals surface area contributed by atoms with Crippen molar-refractivity contribution >= 4 is 5.69 Å². The number of rotatable bonds is 6. The summed E-state index contributed by atoms with van der Waals surface area (Å²) in [6.45, 7) is 2.32. The first-order chi connectivity index (χ1) is 8.75. The average Bonchev–Trinajstić information content (AvgIpc) is 2.88. The first-order valence-corrected chi connectivity index (χ1v) is 5.82. The summed E-state index contributed by atoms with van der Waals surface area (Å²) in [6, 6.07) is 6.00. The van der Waals surface area contributed by atoms with Crippen LogP contribution in [-0.4, -0.2) is 37.5 Å². The van der Waals surface area contributed by atoms with Crippen LogP contribution >= 0.6 is 0 Å². The highest BCUT2D eigenvalue weighted by atomic mass is 16.6. The lowest BCUT2D eigenvalue weighted by atomic mass is 10.3. The minimum atomic E-state index is -0.438. The third-order valence-corrected chi connectivity index (χ3v) is 2.64. The first-order valence-electron chi connectivity index (χ1n) is 5.82. The molecule has 1 saturated heterocycles. The van der Waals surface area contributed by atoms with Crippen molar-refractivity contribution in [2.45, 2.75) is 12.5 Å². The summed E-state index contributed by atoms with van der Waals surface area (Å²) in [5.41, 5.74) is 0.0571. The predicted molar refractivity (Wildman–Crippen MR) is 63.8 cm³/mol. The molecule has 0 radical (unpaired) electrons. The topological polar surface area (TPSA) is 70.8 Å². The van der Waals surface area contributed by atoms with E-state index in [-0.39, 0.29) is 11.8 Å². The summed E-state index contributed by atoms with van der Waals surface area (Å²) in [6.07, 6.45) is 1.10. The fourth-order valence-corrected chi connectivity index (χ4v) is 1.68. The highest BCUT2D eigenvalue weighted by molar-refractivity contribution is 5.35. The smallest absolute Gasteiger partial charge is 0.269 e. The van der Waals surface area contributed by atoms with Crippen molar-refractivity contribution in [1.29, 1.82) is 0 Å². The summed E-state index contributed by atoms with van der Waals surface area (Å²) < 4.78 is 16.1. The van der Waals surface area contributed by atoms with Crippen LogP contribution in [0.4, 0.5) is 5.69 Å². The van der Waals surface area contributed by atoms with Gasteiger partial charge >= 0.3 is 0 Å². The van der Waals surface area contributed by atoms with Gasteiger partial charge in [-0.2, -0.15) is 0 Å². The Balaban J connectivity index is 1.68. The third-order valence-electron chi connectivity index (χ3n) is 2.64. The summed E-state index contributed by atoms with van der Waals surface area (Å²) in [7, 11) is 0. The molecule has 0 bridgehead atoms. The van der Waals surface area contributed by atoms with Crippen molar-refractivity contribution in [3.63, 3.8) is 0 Å². The van der Waals surface area contributed by atoms with Crippen molar-refractivity contribution in [1.82, 2.24) is 0 Å². The molecule has 0 amide bonds. The Hall–Kier alpha value is -1.66. The minimum absolute atomic E-state index is 0.0571. The van der Waals surface area contributed by atoms with Gasteiger partial charge in [-0.05, 0) is 18.6 Å². The Kier molecular flexibility index (Phi) is 4.49. The summed E-state index contributed by atoms with van der Waals surface area (Å²) in [5.74, 6) is 0.604. The summed E-state index contributed by atoms with van der Waals surface area (Å²) in [5, 5.41) is 10.5. The van der Waals surface area contributed by atoms with E-state index in [0.717, 1.165) is 13.0 Å². The maximum absolute atomic E-state index is 10.5. The number of ether oxygens (including phenoxy) is 3. The number of hydrogen-bond acceptors (Lipinski definition) is 5. The number of nitro benzene ring substituents is 1. The molecule has 18 heavy (non-hydrogen) atoms. The molecule has 0 spiro atoms. The molecule has 1 unspecified atom stereocenters. The maximum atomic E-state index is 10.5. The van der Waals surface area contributed by atoms with Crippen LogP contribution in [-0.2, 0) is 9.47 Å². The highest BCUT2D eigenvalue weighted by Crippen LogP contribution is 2.17. The number of hydrogen-bond donors (Lipinski definition) is 0. The number of nitrogens with zero attached hydrogens (tertiary/aromatic N) is 1. The largest absolute Gasteiger partial charge is 0.491 e. The molecule has 1 aromatic carbocycles. The number of non-ortho nitro benzene ring substituents is 1. The molecule has 1 heterocycles. The van der Waals surface area contributed by atoms with Gasteiger partial charge in [0, 0.05) is 18.7 Å². The van der Waals surface area contributed by atoms with E-state index in [1.165, 1.54) is 12.1 Å². The van der Waals surface area contributed by atoms with Crippen LogP contribution in [0.15, 0.2) is 24.3 Å². The maximum Gasteiger partial charge on any atom is 0.269 e. The Morgan fingerprint density at radius 1 is 1.33 bits per heavy atom. The SMILES string of the molecule is O=[N+]([O-])c1ccc(OCCOC2CCOC2)cc1. The quantitative estimate of drug-likeness (QED) is 0.439. The molecule has 6 nitrogen and oxygen atoms in total. The van der Waals surface area contributed by atoms with Crippen molar-refractivity contribution in [3.05, 3.63) is 34.4 Å². The van der Waals surface area contributed by atoms with Crippen LogP contribution in [0.1, 0.15) is 6.42 Å². The molecule has 1 aliphatic heterocycles. The van der Waals surface area contributed by atoms with Gasteiger partial charge in [-0.1, -0.05) is 0 Å². The molecular formula is C12H15NO5. The Morgan fingerprint density at radius 3 is 2.72 bits per heavy atom. The van der Waals surface area contributed by atoms with Gasteiger partial charge in [-0.25, -0.2) is 0 Å². The summed E-state index contributed by atoms with van der Waals surface area (Å²) in [4.78, 5) is 10.0. The van der Waals surface area contributed by atoms with E-state index in [0.29, 0.717) is 25.6 Å². The van der Waals surface area contributed by atoms with Gasteiger partial charge in [0.25, 0.3) is 5.69 Å². The van der Waals surface area contributed by atoms with Gasteiger partial charge in [-0.15, -0.1) is 0 Å². The van der Waals surface area contributed by atoms with Crippen molar-refractivity contribution in [2.24, 2.45) is 0 Å². The lowest BCUT2D eigenvalue weighted by Crippen LogP contribution is -2.16. The van der Waals surface area contributed by atoms with Gasteiger partial charge in [0.1, 0.15) is 12.4 Å². The minimum Gasteiger partial charge on any atom is -0.491 e. The average molecular weight is 253 g/mol. The molecule has 6 heteroatoms. The van der Waals surface area contributed by atoms with E-state index in [1.54, 1.807) is 12.1 Å². The van der Waals surface area contributed by atoms with Crippen LogP contribution in [0.25, 0.3) is 0 Å². The normalized spacial score (nSPS) is 18.8. The zero-order valence-electron chi connectivity index (χ0n) is 9.91. The Labute approximate surface area is 105 Å². The van der Waals surface area contributed by atoms with Crippen LogP contribution in [0.3, 0.4) is 0 Å². The second-order valence-electron chi connectivity index (χ2n) is 3.96. The molecule has 1 fully saturated rings. The van der Waals surface area contributed by atoms with E-state index in [1.807, 2.05) is 0 Å². The molecule has 0 aromatic heterocycles. The molecule has 0 saturated carbocycles.